The van der Waals surface area contributed by atoms with Crippen molar-refractivity contribution in [2.45, 2.75) is 25.3 Å². The summed E-state index contributed by atoms with van der Waals surface area (Å²) in [6.07, 6.45) is 2.36. The summed E-state index contributed by atoms with van der Waals surface area (Å²) in [7, 11) is 1.69. The molecule has 2 fully saturated rings. The lowest BCUT2D eigenvalue weighted by Crippen LogP contribution is -2.55. The Labute approximate surface area is 182 Å². The normalized spacial score (nSPS) is 22.7. The van der Waals surface area contributed by atoms with Crippen molar-refractivity contribution in [3.63, 3.8) is 0 Å². The van der Waals surface area contributed by atoms with E-state index in [9.17, 15) is 9.59 Å². The third-order valence-electron chi connectivity index (χ3n) is 6.27. The molecule has 0 N–H and O–H groups in total. The standard InChI is InChI=1S/C24H27ClN2O3/c1-30-22-8-3-2-6-20(22)26-13-15-27(16-14-26)21-7-4-5-19(24(21)29)23(28)17-9-11-18(25)12-10-17/h2-3,6,8-12,19,21H,4-5,7,13-16H2,1H3. The molecule has 1 heterocycles. The van der Waals surface area contributed by atoms with Gasteiger partial charge >= 0.3 is 0 Å². The molecule has 1 aliphatic heterocycles. The summed E-state index contributed by atoms with van der Waals surface area (Å²) >= 11 is 5.93. The largest absolute Gasteiger partial charge is 0.495 e. The fourth-order valence-corrected chi connectivity index (χ4v) is 4.76. The van der Waals surface area contributed by atoms with E-state index in [-0.39, 0.29) is 17.6 Å². The van der Waals surface area contributed by atoms with Gasteiger partial charge in [0, 0.05) is 36.8 Å². The molecule has 1 aliphatic carbocycles. The molecule has 0 spiro atoms. The lowest BCUT2D eigenvalue weighted by molar-refractivity contribution is -0.129. The van der Waals surface area contributed by atoms with E-state index < -0.39 is 5.92 Å². The first-order valence-corrected chi connectivity index (χ1v) is 10.9. The van der Waals surface area contributed by atoms with Crippen LogP contribution in [0.2, 0.25) is 5.02 Å². The van der Waals surface area contributed by atoms with E-state index in [1.807, 2.05) is 18.2 Å². The van der Waals surface area contributed by atoms with Crippen molar-refractivity contribution >= 4 is 28.9 Å². The Morgan fingerprint density at radius 1 is 1.00 bits per heavy atom. The molecule has 2 aliphatic rings. The average molecular weight is 427 g/mol. The number of hydrogen-bond acceptors (Lipinski definition) is 5. The Hall–Kier alpha value is -2.37. The topological polar surface area (TPSA) is 49.9 Å². The van der Waals surface area contributed by atoms with Crippen LogP contribution in [-0.4, -0.2) is 55.8 Å². The second kappa shape index (κ2) is 9.19. The smallest absolute Gasteiger partial charge is 0.173 e. The third-order valence-corrected chi connectivity index (χ3v) is 6.52. The van der Waals surface area contributed by atoms with Gasteiger partial charge in [-0.25, -0.2) is 0 Å². The number of halogens is 1. The second-order valence-corrected chi connectivity index (χ2v) is 8.40. The maximum Gasteiger partial charge on any atom is 0.173 e. The maximum absolute atomic E-state index is 13.2. The number of para-hydroxylation sites is 2. The summed E-state index contributed by atoms with van der Waals surface area (Å²) in [5.74, 6) is 0.325. The van der Waals surface area contributed by atoms with E-state index >= 15 is 0 Å². The second-order valence-electron chi connectivity index (χ2n) is 7.97. The van der Waals surface area contributed by atoms with Gasteiger partial charge in [-0.05, 0) is 49.2 Å². The lowest BCUT2D eigenvalue weighted by atomic mass is 9.79. The average Bonchev–Trinajstić information content (AvgIpc) is 2.79. The zero-order valence-corrected chi connectivity index (χ0v) is 18.0. The molecule has 1 saturated carbocycles. The predicted molar refractivity (Wildman–Crippen MR) is 119 cm³/mol. The monoisotopic (exact) mass is 426 g/mol. The van der Waals surface area contributed by atoms with E-state index in [2.05, 4.69) is 15.9 Å². The van der Waals surface area contributed by atoms with Crippen molar-refractivity contribution in [3.8, 4) is 5.75 Å². The highest BCUT2D eigenvalue weighted by molar-refractivity contribution is 6.30. The highest BCUT2D eigenvalue weighted by Crippen LogP contribution is 2.31. The minimum absolute atomic E-state index is 0.0750. The molecule has 5 nitrogen and oxygen atoms in total. The van der Waals surface area contributed by atoms with Gasteiger partial charge in [-0.1, -0.05) is 30.2 Å². The van der Waals surface area contributed by atoms with Crippen LogP contribution < -0.4 is 9.64 Å². The van der Waals surface area contributed by atoms with Crippen LogP contribution >= 0.6 is 11.6 Å². The first-order valence-electron chi connectivity index (χ1n) is 10.5. The number of anilines is 1. The molecule has 2 atom stereocenters. The highest BCUT2D eigenvalue weighted by atomic mass is 35.5. The van der Waals surface area contributed by atoms with Gasteiger partial charge in [-0.2, -0.15) is 0 Å². The Bertz CT molecular complexity index is 907. The lowest BCUT2D eigenvalue weighted by Gasteiger charge is -2.42. The summed E-state index contributed by atoms with van der Waals surface area (Å²) in [5.41, 5.74) is 1.66. The van der Waals surface area contributed by atoms with Crippen LogP contribution in [0.4, 0.5) is 5.69 Å². The zero-order valence-electron chi connectivity index (χ0n) is 17.2. The number of ether oxygens (including phenoxy) is 1. The van der Waals surface area contributed by atoms with Crippen LogP contribution in [0.5, 0.6) is 5.75 Å². The van der Waals surface area contributed by atoms with Gasteiger partial charge in [-0.3, -0.25) is 14.5 Å². The highest BCUT2D eigenvalue weighted by Gasteiger charge is 2.39. The summed E-state index contributed by atoms with van der Waals surface area (Å²) < 4.78 is 5.49. The summed E-state index contributed by atoms with van der Waals surface area (Å²) in [6.45, 7) is 3.27. The Morgan fingerprint density at radius 3 is 2.40 bits per heavy atom. The predicted octanol–water partition coefficient (Wildman–Crippen LogP) is 4.09. The number of hydrogen-bond donors (Lipinski definition) is 0. The van der Waals surface area contributed by atoms with Crippen molar-refractivity contribution in [1.82, 2.24) is 4.90 Å². The number of methoxy groups -OCH3 is 1. The first-order chi connectivity index (χ1) is 14.6. The number of benzene rings is 2. The molecule has 1 saturated heterocycles. The summed E-state index contributed by atoms with van der Waals surface area (Å²) in [4.78, 5) is 30.8. The van der Waals surface area contributed by atoms with E-state index in [0.717, 1.165) is 50.5 Å². The van der Waals surface area contributed by atoms with Crippen molar-refractivity contribution in [3.05, 3.63) is 59.1 Å². The molecular formula is C24H27ClN2O3. The van der Waals surface area contributed by atoms with Crippen molar-refractivity contribution in [1.29, 1.82) is 0 Å². The van der Waals surface area contributed by atoms with E-state index in [0.29, 0.717) is 17.0 Å². The van der Waals surface area contributed by atoms with Crippen LogP contribution in [0.15, 0.2) is 48.5 Å². The molecule has 30 heavy (non-hydrogen) atoms. The van der Waals surface area contributed by atoms with Crippen molar-refractivity contribution < 1.29 is 14.3 Å². The first kappa shape index (κ1) is 20.9. The van der Waals surface area contributed by atoms with E-state index in [1.165, 1.54) is 0 Å². The van der Waals surface area contributed by atoms with Crippen LogP contribution in [0.25, 0.3) is 0 Å². The van der Waals surface area contributed by atoms with E-state index in [1.54, 1.807) is 31.4 Å². The fraction of sp³-hybridized carbons (Fsp3) is 0.417. The SMILES string of the molecule is COc1ccccc1N1CCN(C2CCCC(C(=O)c3ccc(Cl)cc3)C2=O)CC1. The van der Waals surface area contributed by atoms with Gasteiger partial charge in [-0.15, -0.1) is 0 Å². The quantitative estimate of drug-likeness (QED) is 0.532. The van der Waals surface area contributed by atoms with Gasteiger partial charge in [0.2, 0.25) is 0 Å². The van der Waals surface area contributed by atoms with Gasteiger partial charge in [0.15, 0.2) is 11.6 Å². The van der Waals surface area contributed by atoms with Gasteiger partial charge in [0.25, 0.3) is 0 Å². The minimum Gasteiger partial charge on any atom is -0.495 e. The molecule has 0 amide bonds. The van der Waals surface area contributed by atoms with Gasteiger partial charge in [0.05, 0.1) is 24.8 Å². The molecule has 0 bridgehead atoms. The molecule has 2 aromatic carbocycles. The third kappa shape index (κ3) is 4.23. The van der Waals surface area contributed by atoms with Crippen LogP contribution in [0.1, 0.15) is 29.6 Å². The molecule has 4 rings (SSSR count). The Balaban J connectivity index is 1.42. The molecule has 6 heteroatoms. The molecular weight excluding hydrogens is 400 g/mol. The Morgan fingerprint density at radius 2 is 1.70 bits per heavy atom. The number of carbonyl (C=O) groups excluding carboxylic acids is 2. The number of rotatable bonds is 5. The molecule has 0 aromatic heterocycles. The minimum atomic E-state index is -0.544. The van der Waals surface area contributed by atoms with Crippen LogP contribution in [-0.2, 0) is 4.79 Å². The van der Waals surface area contributed by atoms with Gasteiger partial charge in [0.1, 0.15) is 5.75 Å². The van der Waals surface area contributed by atoms with E-state index in [4.69, 9.17) is 16.3 Å². The molecule has 2 unspecified atom stereocenters. The van der Waals surface area contributed by atoms with Crippen molar-refractivity contribution in [2.24, 2.45) is 5.92 Å². The summed E-state index contributed by atoms with van der Waals surface area (Å²) in [6, 6.07) is 14.7. The van der Waals surface area contributed by atoms with Crippen LogP contribution in [0, 0.1) is 5.92 Å². The van der Waals surface area contributed by atoms with Crippen LogP contribution in [0.3, 0.4) is 0 Å². The number of nitrogens with zero attached hydrogens (tertiary/aromatic N) is 2. The fourth-order valence-electron chi connectivity index (χ4n) is 4.64. The molecule has 2 aromatic rings. The van der Waals surface area contributed by atoms with Crippen molar-refractivity contribution in [2.75, 3.05) is 38.2 Å². The number of ketones is 2. The molecule has 0 radical (unpaired) electrons. The molecule has 158 valence electrons. The number of Topliss-reactive ketones (excluding diaryl/α,β-unsaturated/α-hetero) is 2. The van der Waals surface area contributed by atoms with Gasteiger partial charge < -0.3 is 9.64 Å². The number of carbonyl (C=O) groups is 2. The summed E-state index contributed by atoms with van der Waals surface area (Å²) in [5, 5.41) is 0.590. The Kier molecular flexibility index (Phi) is 6.40. The number of piperazine rings is 1. The maximum atomic E-state index is 13.2. The zero-order chi connectivity index (χ0) is 21.1.